The molecule has 0 spiro atoms. The molecule has 0 aliphatic heterocycles. The fourth-order valence-corrected chi connectivity index (χ4v) is 0. The van der Waals surface area contributed by atoms with Gasteiger partial charge in [-0.3, -0.25) is 0 Å². The SMILES string of the molecule is O=C([O-])C(=O)[O-].[Cl][Ni][Cl].[NH4+].[NH4+]. The largest absolute Gasteiger partial charge is 0.369 e. The molecule has 0 saturated carbocycles. The van der Waals surface area contributed by atoms with E-state index >= 15 is 0 Å². The molecule has 0 aliphatic rings. The summed E-state index contributed by atoms with van der Waals surface area (Å²) >= 11 is 0.569. The van der Waals surface area contributed by atoms with Crippen molar-refractivity contribution < 1.29 is 32.5 Å². The molecule has 0 aliphatic carbocycles. The second kappa shape index (κ2) is 16.5. The second-order valence-corrected chi connectivity index (χ2v) is 2.25. The van der Waals surface area contributed by atoms with Gasteiger partial charge in [0, 0.05) is 0 Å². The van der Waals surface area contributed by atoms with Gasteiger partial charge in [-0.25, -0.2) is 0 Å². The fraction of sp³-hybridized carbons (Fsp3) is 0. The zero-order chi connectivity index (χ0) is 7.86. The first-order valence-electron chi connectivity index (χ1n) is 1.31. The van der Waals surface area contributed by atoms with Gasteiger partial charge in [-0.15, -0.1) is 0 Å². The number of carbonyl (C=O) groups excluding carboxylic acids is 2. The van der Waals surface area contributed by atoms with Crippen LogP contribution in [0.5, 0.6) is 0 Å². The van der Waals surface area contributed by atoms with Crippen LogP contribution >= 0.6 is 20.4 Å². The predicted octanol–water partition coefficient (Wildman–Crippen LogP) is -1.38. The van der Waals surface area contributed by atoms with E-state index in [1.54, 1.807) is 0 Å². The Bertz CT molecular complexity index is 100. The minimum absolute atomic E-state index is 0. The van der Waals surface area contributed by atoms with Crippen molar-refractivity contribution in [2.24, 2.45) is 0 Å². The van der Waals surface area contributed by atoms with Gasteiger partial charge in [-0.2, -0.15) is 0 Å². The molecule has 0 unspecified atom stereocenters. The number of rotatable bonds is 0. The molecule has 0 rings (SSSR count). The zero-order valence-electron chi connectivity index (χ0n) is 5.71. The molecule has 0 atom stereocenters. The van der Waals surface area contributed by atoms with Gasteiger partial charge >= 0.3 is 33.0 Å². The van der Waals surface area contributed by atoms with Crippen LogP contribution in [-0.2, 0) is 22.2 Å². The molecule has 0 radical (unpaired) electrons. The average Bonchev–Trinajstić information content (AvgIpc) is 1.68. The first-order valence-corrected chi connectivity index (χ1v) is 4.02. The maximum absolute atomic E-state index is 8.93. The van der Waals surface area contributed by atoms with Crippen LogP contribution in [0.1, 0.15) is 0 Å². The third kappa shape index (κ3) is 40.4. The summed E-state index contributed by atoms with van der Waals surface area (Å²) in [5.41, 5.74) is 0. The van der Waals surface area contributed by atoms with Crippen LogP contribution in [0.3, 0.4) is 0 Å². The Balaban J connectivity index is -0.0000000437. The molecule has 11 heavy (non-hydrogen) atoms. The minimum atomic E-state index is -2.19. The molecule has 0 amide bonds. The van der Waals surface area contributed by atoms with Gasteiger partial charge in [0.1, 0.15) is 0 Å². The predicted molar refractivity (Wildman–Crippen MR) is 33.7 cm³/mol. The van der Waals surface area contributed by atoms with Crippen molar-refractivity contribution in [3.8, 4) is 0 Å². The summed E-state index contributed by atoms with van der Waals surface area (Å²) in [4.78, 5) is 17.9. The molecule has 0 bridgehead atoms. The van der Waals surface area contributed by atoms with Gasteiger partial charge in [0.05, 0.1) is 11.9 Å². The van der Waals surface area contributed by atoms with E-state index in [9.17, 15) is 0 Å². The molecular formula is C2H8Cl2N2NiO4. The maximum atomic E-state index is 8.93. The van der Waals surface area contributed by atoms with Crippen molar-refractivity contribution in [1.82, 2.24) is 12.3 Å². The summed E-state index contributed by atoms with van der Waals surface area (Å²) in [6, 6.07) is 0. The quantitative estimate of drug-likeness (QED) is 0.403. The molecule has 0 aromatic carbocycles. The smallest absolute Gasteiger partial charge is 0.369 e. The summed E-state index contributed by atoms with van der Waals surface area (Å²) in [7, 11) is 9.40. The number of quaternary nitrogens is 2. The third-order valence-corrected chi connectivity index (χ3v) is 0.167. The van der Waals surface area contributed by atoms with E-state index in [2.05, 4.69) is 0 Å². The molecule has 0 heterocycles. The Labute approximate surface area is 77.4 Å². The molecule has 0 fully saturated rings. The Morgan fingerprint density at radius 2 is 1.09 bits per heavy atom. The van der Waals surface area contributed by atoms with Gasteiger partial charge < -0.3 is 32.1 Å². The van der Waals surface area contributed by atoms with Crippen molar-refractivity contribution in [1.29, 1.82) is 0 Å². The summed E-state index contributed by atoms with van der Waals surface area (Å²) < 4.78 is 0. The monoisotopic (exact) mass is 252 g/mol. The van der Waals surface area contributed by atoms with E-state index < -0.39 is 11.9 Å². The van der Waals surface area contributed by atoms with Gasteiger partial charge in [0.25, 0.3) is 0 Å². The van der Waals surface area contributed by atoms with Crippen molar-refractivity contribution in [3.63, 3.8) is 0 Å². The molecular weight excluding hydrogens is 246 g/mol. The first-order chi connectivity index (χ1) is 4.06. The number of aliphatic carboxylic acids is 2. The van der Waals surface area contributed by atoms with E-state index in [1.807, 2.05) is 0 Å². The minimum Gasteiger partial charge on any atom is -0.369 e. The fourth-order valence-electron chi connectivity index (χ4n) is 0. The van der Waals surface area contributed by atoms with Crippen molar-refractivity contribution >= 4 is 32.3 Å². The maximum Gasteiger partial charge on any atom is -0.369 e. The second-order valence-electron chi connectivity index (χ2n) is 0.620. The molecule has 74 valence electrons. The number of carbonyl (C=O) groups is 2. The first kappa shape index (κ1) is 22.4. The summed E-state index contributed by atoms with van der Waals surface area (Å²) in [5.74, 6) is -4.37. The van der Waals surface area contributed by atoms with E-state index in [-0.39, 0.29) is 12.3 Å². The normalized spacial score (nSPS) is 6.00. The van der Waals surface area contributed by atoms with Crippen LogP contribution in [0.25, 0.3) is 0 Å². The number of halogens is 2. The molecule has 0 aromatic rings. The third-order valence-electron chi connectivity index (χ3n) is 0.167. The van der Waals surface area contributed by atoms with E-state index in [0.717, 1.165) is 0 Å². The average molecular weight is 254 g/mol. The van der Waals surface area contributed by atoms with Crippen LogP contribution in [0.4, 0.5) is 0 Å². The van der Waals surface area contributed by atoms with E-state index in [4.69, 9.17) is 40.2 Å². The standard InChI is InChI=1S/C2H2O4.2ClH.2H3N.Ni/c3-1(4)2(5)6;;;;;/h(H,3,4)(H,5,6);2*1H;2*1H3;/q;;;;;+2/p-2. The van der Waals surface area contributed by atoms with Gasteiger partial charge in [0.15, 0.2) is 0 Å². The zero-order valence-corrected chi connectivity index (χ0v) is 8.20. The van der Waals surface area contributed by atoms with Crippen molar-refractivity contribution in [3.05, 3.63) is 0 Å². The van der Waals surface area contributed by atoms with Gasteiger partial charge in [-0.05, 0) is 0 Å². The van der Waals surface area contributed by atoms with Gasteiger partial charge in [-0.1, -0.05) is 0 Å². The number of carboxylic acid groups (broad SMARTS) is 2. The Morgan fingerprint density at radius 3 is 1.09 bits per heavy atom. The van der Waals surface area contributed by atoms with Crippen LogP contribution in [-0.4, -0.2) is 11.9 Å². The molecule has 9 heteroatoms. The molecule has 8 N–H and O–H groups in total. The van der Waals surface area contributed by atoms with Crippen molar-refractivity contribution in [2.45, 2.75) is 0 Å². The van der Waals surface area contributed by atoms with Gasteiger partial charge in [0.2, 0.25) is 0 Å². The van der Waals surface area contributed by atoms with E-state index in [1.165, 1.54) is 0 Å². The molecule has 0 saturated heterocycles. The van der Waals surface area contributed by atoms with Crippen LogP contribution in [0.2, 0.25) is 0 Å². The summed E-state index contributed by atoms with van der Waals surface area (Å²) in [6.07, 6.45) is 0. The Morgan fingerprint density at radius 1 is 1.00 bits per heavy atom. The van der Waals surface area contributed by atoms with Crippen molar-refractivity contribution in [2.75, 3.05) is 0 Å². The van der Waals surface area contributed by atoms with E-state index in [0.29, 0.717) is 12.7 Å². The van der Waals surface area contributed by atoms with Crippen LogP contribution < -0.4 is 22.5 Å². The Hall–Kier alpha value is -0.0665. The van der Waals surface area contributed by atoms with Crippen LogP contribution in [0.15, 0.2) is 0 Å². The number of carboxylic acids is 2. The molecule has 0 aromatic heterocycles. The number of hydrogen-bond acceptors (Lipinski definition) is 4. The summed E-state index contributed by atoms with van der Waals surface area (Å²) in [5, 5.41) is 17.9. The Kier molecular flexibility index (Phi) is 33.6. The molecule has 6 nitrogen and oxygen atoms in total. The topological polar surface area (TPSA) is 153 Å². The summed E-state index contributed by atoms with van der Waals surface area (Å²) in [6.45, 7) is 0. The van der Waals surface area contributed by atoms with Crippen LogP contribution in [0, 0.1) is 0 Å². The number of hydrogen-bond donors (Lipinski definition) is 2.